The first kappa shape index (κ1) is 10.5. The predicted octanol–water partition coefficient (Wildman–Crippen LogP) is 2.85. The zero-order chi connectivity index (χ0) is 10.7. The summed E-state index contributed by atoms with van der Waals surface area (Å²) in [6.45, 7) is 0.386. The first-order valence-electron chi connectivity index (χ1n) is 5.00. The lowest BCUT2D eigenvalue weighted by molar-refractivity contribution is 0.0851. The molecule has 0 fully saturated rings. The van der Waals surface area contributed by atoms with Gasteiger partial charge in [-0.1, -0.05) is 23.7 Å². The number of hydrogen-bond acceptors (Lipinski definition) is 2. The summed E-state index contributed by atoms with van der Waals surface area (Å²) < 4.78 is 5.26. The fraction of sp³-hybridized carbons (Fsp3) is 0.333. The van der Waals surface area contributed by atoms with Crippen LogP contribution in [-0.2, 0) is 4.74 Å². The predicted molar refractivity (Wildman–Crippen MR) is 60.6 cm³/mol. The lowest BCUT2D eigenvalue weighted by Crippen LogP contribution is -2.10. The van der Waals surface area contributed by atoms with Crippen LogP contribution in [-0.4, -0.2) is 17.8 Å². The van der Waals surface area contributed by atoms with Gasteiger partial charge in [0.2, 0.25) is 0 Å². The second kappa shape index (κ2) is 4.69. The minimum absolute atomic E-state index is 0.356. The number of aliphatic hydroxyl groups excluding tert-OH is 1. The summed E-state index contributed by atoms with van der Waals surface area (Å²) in [5.74, 6) is 0. The molecule has 1 heterocycles. The fourth-order valence-corrected chi connectivity index (χ4v) is 1.73. The van der Waals surface area contributed by atoms with Crippen LogP contribution >= 0.6 is 11.6 Å². The van der Waals surface area contributed by atoms with Crippen molar-refractivity contribution < 1.29 is 9.84 Å². The second-order valence-electron chi connectivity index (χ2n) is 3.68. The van der Waals surface area contributed by atoms with Crippen molar-refractivity contribution in [2.24, 2.45) is 0 Å². The van der Waals surface area contributed by atoms with Crippen molar-refractivity contribution in [2.45, 2.75) is 18.9 Å². The molecule has 0 aromatic heterocycles. The molecule has 1 aliphatic heterocycles. The highest BCUT2D eigenvalue weighted by molar-refractivity contribution is 6.30. The Bertz CT molecular complexity index is 356. The minimum Gasteiger partial charge on any atom is -0.498 e. The molecule has 2 rings (SSSR count). The minimum atomic E-state index is -0.356. The van der Waals surface area contributed by atoms with Gasteiger partial charge in [0.15, 0.2) is 0 Å². The van der Waals surface area contributed by atoms with E-state index in [0.717, 1.165) is 29.0 Å². The van der Waals surface area contributed by atoms with Gasteiger partial charge in [0.05, 0.1) is 12.4 Å². The smallest absolute Gasteiger partial charge is 0.113 e. The number of hydrogen-bond donors (Lipinski definition) is 1. The molecule has 0 amide bonds. The Labute approximate surface area is 94.1 Å². The molecule has 15 heavy (non-hydrogen) atoms. The standard InChI is InChI=1S/C12H13ClO2/c13-11-4-1-9(2-5-11)10-3-6-12(14)8-15-7-10/h1-2,4-5,7,12,14H,3,6,8H2. The zero-order valence-electron chi connectivity index (χ0n) is 8.32. The number of rotatable bonds is 1. The van der Waals surface area contributed by atoms with Crippen molar-refractivity contribution >= 4 is 17.2 Å². The molecule has 3 heteroatoms. The van der Waals surface area contributed by atoms with E-state index in [-0.39, 0.29) is 6.10 Å². The van der Waals surface area contributed by atoms with Crippen LogP contribution < -0.4 is 0 Å². The molecule has 0 spiro atoms. The zero-order valence-corrected chi connectivity index (χ0v) is 9.07. The van der Waals surface area contributed by atoms with Crippen molar-refractivity contribution in [3.63, 3.8) is 0 Å². The lowest BCUT2D eigenvalue weighted by Gasteiger charge is -2.05. The largest absolute Gasteiger partial charge is 0.498 e. The summed E-state index contributed by atoms with van der Waals surface area (Å²) >= 11 is 5.82. The summed E-state index contributed by atoms with van der Waals surface area (Å²) in [5.41, 5.74) is 2.22. The van der Waals surface area contributed by atoms with Crippen molar-refractivity contribution in [2.75, 3.05) is 6.61 Å². The molecular weight excluding hydrogens is 212 g/mol. The Balaban J connectivity index is 2.16. The van der Waals surface area contributed by atoms with E-state index in [4.69, 9.17) is 16.3 Å². The third-order valence-electron chi connectivity index (χ3n) is 2.48. The maximum absolute atomic E-state index is 9.42. The highest BCUT2D eigenvalue weighted by Gasteiger charge is 2.12. The molecule has 0 saturated heterocycles. The lowest BCUT2D eigenvalue weighted by atomic mass is 10.0. The molecule has 2 nitrogen and oxygen atoms in total. The number of benzene rings is 1. The second-order valence-corrected chi connectivity index (χ2v) is 4.11. The molecule has 0 saturated carbocycles. The highest BCUT2D eigenvalue weighted by atomic mass is 35.5. The highest BCUT2D eigenvalue weighted by Crippen LogP contribution is 2.24. The normalized spacial score (nSPS) is 21.5. The molecule has 1 atom stereocenters. The van der Waals surface area contributed by atoms with Crippen LogP contribution in [0.4, 0.5) is 0 Å². The van der Waals surface area contributed by atoms with Crippen LogP contribution in [0, 0.1) is 0 Å². The monoisotopic (exact) mass is 224 g/mol. The Morgan fingerprint density at radius 2 is 2.00 bits per heavy atom. The molecule has 1 aromatic rings. The molecule has 0 aliphatic carbocycles. The van der Waals surface area contributed by atoms with Gasteiger partial charge < -0.3 is 9.84 Å². The average molecular weight is 225 g/mol. The summed E-state index contributed by atoms with van der Waals surface area (Å²) in [6.07, 6.45) is 2.96. The summed E-state index contributed by atoms with van der Waals surface area (Å²) in [5, 5.41) is 10.1. The van der Waals surface area contributed by atoms with E-state index in [1.807, 2.05) is 24.3 Å². The third kappa shape index (κ3) is 2.74. The van der Waals surface area contributed by atoms with Crippen LogP contribution in [0.25, 0.3) is 5.57 Å². The SMILES string of the molecule is OC1CCC(c2ccc(Cl)cc2)=COC1. The summed E-state index contributed by atoms with van der Waals surface area (Å²) in [6, 6.07) is 7.66. The maximum Gasteiger partial charge on any atom is 0.113 e. The van der Waals surface area contributed by atoms with Crippen LogP contribution in [0.5, 0.6) is 0 Å². The van der Waals surface area contributed by atoms with Gasteiger partial charge in [-0.3, -0.25) is 0 Å². The average Bonchev–Trinajstić information content (AvgIpc) is 2.44. The van der Waals surface area contributed by atoms with Crippen molar-refractivity contribution in [1.82, 2.24) is 0 Å². The van der Waals surface area contributed by atoms with E-state index in [2.05, 4.69) is 0 Å². The first-order chi connectivity index (χ1) is 7.25. The number of aliphatic hydroxyl groups is 1. The topological polar surface area (TPSA) is 29.5 Å². The quantitative estimate of drug-likeness (QED) is 0.795. The van der Waals surface area contributed by atoms with E-state index < -0.39 is 0 Å². The van der Waals surface area contributed by atoms with E-state index >= 15 is 0 Å². The van der Waals surface area contributed by atoms with Crippen molar-refractivity contribution in [3.05, 3.63) is 41.1 Å². The van der Waals surface area contributed by atoms with Gasteiger partial charge in [-0.15, -0.1) is 0 Å². The maximum atomic E-state index is 9.42. The van der Waals surface area contributed by atoms with Gasteiger partial charge in [-0.25, -0.2) is 0 Å². The van der Waals surface area contributed by atoms with E-state index in [0.29, 0.717) is 6.61 Å². The fourth-order valence-electron chi connectivity index (χ4n) is 1.60. The Kier molecular flexibility index (Phi) is 3.29. The van der Waals surface area contributed by atoms with E-state index in [9.17, 15) is 5.11 Å². The first-order valence-corrected chi connectivity index (χ1v) is 5.38. The molecular formula is C12H13ClO2. The Morgan fingerprint density at radius 3 is 2.73 bits per heavy atom. The molecule has 0 bridgehead atoms. The third-order valence-corrected chi connectivity index (χ3v) is 2.73. The van der Waals surface area contributed by atoms with Crippen molar-refractivity contribution in [1.29, 1.82) is 0 Å². The van der Waals surface area contributed by atoms with Gasteiger partial charge in [0.1, 0.15) is 6.61 Å². The van der Waals surface area contributed by atoms with Gasteiger partial charge in [0.25, 0.3) is 0 Å². The number of halogens is 1. The molecule has 1 unspecified atom stereocenters. The van der Waals surface area contributed by atoms with E-state index in [1.54, 1.807) is 6.26 Å². The Hall–Kier alpha value is -0.990. The summed E-state index contributed by atoms with van der Waals surface area (Å²) in [4.78, 5) is 0. The summed E-state index contributed by atoms with van der Waals surface area (Å²) in [7, 11) is 0. The Morgan fingerprint density at radius 1 is 1.27 bits per heavy atom. The van der Waals surface area contributed by atoms with Crippen molar-refractivity contribution in [3.8, 4) is 0 Å². The van der Waals surface area contributed by atoms with Crippen LogP contribution in [0.3, 0.4) is 0 Å². The molecule has 80 valence electrons. The number of ether oxygens (including phenoxy) is 1. The molecule has 1 N–H and O–H groups in total. The van der Waals surface area contributed by atoms with Gasteiger partial charge in [0, 0.05) is 5.02 Å². The molecule has 1 aromatic carbocycles. The molecule has 0 radical (unpaired) electrons. The molecule has 1 aliphatic rings. The van der Waals surface area contributed by atoms with E-state index in [1.165, 1.54) is 0 Å². The number of allylic oxidation sites excluding steroid dienone is 1. The van der Waals surface area contributed by atoms with Crippen LogP contribution in [0.15, 0.2) is 30.5 Å². The van der Waals surface area contributed by atoms with Gasteiger partial charge in [-0.05, 0) is 36.1 Å². The van der Waals surface area contributed by atoms with Gasteiger partial charge >= 0.3 is 0 Å². The van der Waals surface area contributed by atoms with Crippen LogP contribution in [0.2, 0.25) is 5.02 Å². The van der Waals surface area contributed by atoms with Crippen LogP contribution in [0.1, 0.15) is 18.4 Å². The van der Waals surface area contributed by atoms with Gasteiger partial charge in [-0.2, -0.15) is 0 Å².